The van der Waals surface area contributed by atoms with Gasteiger partial charge in [0.05, 0.1) is 18.8 Å². The van der Waals surface area contributed by atoms with Crippen LogP contribution < -0.4 is 10.9 Å². The molecule has 1 heterocycles. The average molecular weight is 271 g/mol. The van der Waals surface area contributed by atoms with Crippen LogP contribution in [0.4, 0.5) is 0 Å². The maximum atomic E-state index is 11.9. The summed E-state index contributed by atoms with van der Waals surface area (Å²) in [5, 5.41) is 7.47. The zero-order chi connectivity index (χ0) is 14.7. The lowest BCUT2D eigenvalue weighted by Gasteiger charge is -2.19. The summed E-state index contributed by atoms with van der Waals surface area (Å²) in [4.78, 5) is 11.9. The highest BCUT2D eigenvalue weighted by atomic mass is 16.1. The molecule has 1 atom stereocenters. The first-order valence-corrected chi connectivity index (χ1v) is 6.79. The second kappa shape index (κ2) is 6.01. The predicted octanol–water partition coefficient (Wildman–Crippen LogP) is 2.13. The second-order valence-electron chi connectivity index (χ2n) is 5.25. The van der Waals surface area contributed by atoms with Crippen LogP contribution in [0.1, 0.15) is 28.3 Å². The van der Waals surface area contributed by atoms with Crippen LogP contribution in [-0.2, 0) is 6.54 Å². The Kier molecular flexibility index (Phi) is 4.35. The minimum atomic E-state index is -0.0602. The summed E-state index contributed by atoms with van der Waals surface area (Å²) in [7, 11) is 1.91. The van der Waals surface area contributed by atoms with Gasteiger partial charge < -0.3 is 5.32 Å². The summed E-state index contributed by atoms with van der Waals surface area (Å²) in [5.74, 6) is 0. The third kappa shape index (κ3) is 3.14. The predicted molar refractivity (Wildman–Crippen MR) is 81.0 cm³/mol. The van der Waals surface area contributed by atoms with Gasteiger partial charge in [0.25, 0.3) is 5.56 Å². The number of nitrogens with one attached hydrogen (secondary N) is 1. The first kappa shape index (κ1) is 14.5. The standard InChI is InChI=1S/C16H21N3O/c1-11-5-6-14(13(3)7-11)15(17-4)10-19-16(20)8-12(2)9-18-19/h5-9,15,17H,10H2,1-4H3. The third-order valence-electron chi connectivity index (χ3n) is 3.51. The van der Waals surface area contributed by atoms with Crippen LogP contribution in [0.15, 0.2) is 35.3 Å². The van der Waals surface area contributed by atoms with E-state index in [4.69, 9.17) is 0 Å². The van der Waals surface area contributed by atoms with Crippen molar-refractivity contribution >= 4 is 0 Å². The number of aromatic nitrogens is 2. The smallest absolute Gasteiger partial charge is 0.267 e. The van der Waals surface area contributed by atoms with Crippen LogP contribution in [0.2, 0.25) is 0 Å². The molecule has 0 saturated carbocycles. The lowest BCUT2D eigenvalue weighted by Crippen LogP contribution is -2.30. The molecule has 4 nitrogen and oxygen atoms in total. The van der Waals surface area contributed by atoms with Crippen molar-refractivity contribution in [2.24, 2.45) is 0 Å². The lowest BCUT2D eigenvalue weighted by molar-refractivity contribution is 0.450. The molecule has 0 radical (unpaired) electrons. The Morgan fingerprint density at radius 3 is 2.55 bits per heavy atom. The van der Waals surface area contributed by atoms with Gasteiger partial charge in [-0.2, -0.15) is 5.10 Å². The molecular weight excluding hydrogens is 250 g/mol. The molecule has 20 heavy (non-hydrogen) atoms. The number of rotatable bonds is 4. The zero-order valence-corrected chi connectivity index (χ0v) is 12.5. The molecule has 0 aliphatic carbocycles. The van der Waals surface area contributed by atoms with E-state index in [1.807, 2.05) is 14.0 Å². The fourth-order valence-electron chi connectivity index (χ4n) is 2.40. The van der Waals surface area contributed by atoms with E-state index in [9.17, 15) is 4.79 Å². The topological polar surface area (TPSA) is 46.9 Å². The van der Waals surface area contributed by atoms with Crippen LogP contribution in [0.3, 0.4) is 0 Å². The fourth-order valence-corrected chi connectivity index (χ4v) is 2.40. The highest BCUT2D eigenvalue weighted by Crippen LogP contribution is 2.19. The van der Waals surface area contributed by atoms with Crippen molar-refractivity contribution in [3.8, 4) is 0 Å². The van der Waals surface area contributed by atoms with Crippen LogP contribution in [0.5, 0.6) is 0 Å². The fraction of sp³-hybridized carbons (Fsp3) is 0.375. The summed E-state index contributed by atoms with van der Waals surface area (Å²) in [6, 6.07) is 8.05. The molecule has 1 aromatic heterocycles. The van der Waals surface area contributed by atoms with E-state index in [0.717, 1.165) is 5.56 Å². The molecule has 2 rings (SSSR count). The number of aryl methyl sites for hydroxylation is 3. The normalized spacial score (nSPS) is 12.4. The van der Waals surface area contributed by atoms with Crippen molar-refractivity contribution in [1.82, 2.24) is 15.1 Å². The molecule has 1 N–H and O–H groups in total. The van der Waals surface area contributed by atoms with Gasteiger partial charge in [0.15, 0.2) is 0 Å². The van der Waals surface area contributed by atoms with E-state index >= 15 is 0 Å². The zero-order valence-electron chi connectivity index (χ0n) is 12.5. The van der Waals surface area contributed by atoms with Gasteiger partial charge in [0.2, 0.25) is 0 Å². The molecule has 1 aromatic carbocycles. The molecular formula is C16H21N3O. The summed E-state index contributed by atoms with van der Waals surface area (Å²) < 4.78 is 1.51. The van der Waals surface area contributed by atoms with Gasteiger partial charge >= 0.3 is 0 Å². The molecule has 0 amide bonds. The largest absolute Gasteiger partial charge is 0.311 e. The van der Waals surface area contributed by atoms with E-state index in [2.05, 4.69) is 42.5 Å². The summed E-state index contributed by atoms with van der Waals surface area (Å²) in [6.45, 7) is 6.58. The molecule has 0 saturated heterocycles. The summed E-state index contributed by atoms with van der Waals surface area (Å²) in [6.07, 6.45) is 1.72. The maximum absolute atomic E-state index is 11.9. The van der Waals surface area contributed by atoms with Crippen molar-refractivity contribution < 1.29 is 0 Å². The van der Waals surface area contributed by atoms with Gasteiger partial charge in [-0.25, -0.2) is 4.68 Å². The second-order valence-corrected chi connectivity index (χ2v) is 5.25. The van der Waals surface area contributed by atoms with Crippen LogP contribution in [-0.4, -0.2) is 16.8 Å². The number of hydrogen-bond acceptors (Lipinski definition) is 3. The Morgan fingerprint density at radius 1 is 1.20 bits per heavy atom. The van der Waals surface area contributed by atoms with Crippen LogP contribution in [0, 0.1) is 20.8 Å². The number of nitrogens with zero attached hydrogens (tertiary/aromatic N) is 2. The highest BCUT2D eigenvalue weighted by molar-refractivity contribution is 5.32. The Hall–Kier alpha value is -1.94. The average Bonchev–Trinajstić information content (AvgIpc) is 2.39. The Labute approximate surface area is 119 Å². The van der Waals surface area contributed by atoms with Gasteiger partial charge in [-0.15, -0.1) is 0 Å². The Balaban J connectivity index is 2.31. The first-order chi connectivity index (χ1) is 9.51. The molecule has 4 heteroatoms. The van der Waals surface area contributed by atoms with Gasteiger partial charge in [-0.05, 0) is 44.5 Å². The molecule has 0 spiro atoms. The molecule has 0 aliphatic rings. The minimum absolute atomic E-state index is 0.0602. The van der Waals surface area contributed by atoms with Crippen molar-refractivity contribution in [1.29, 1.82) is 0 Å². The summed E-state index contributed by atoms with van der Waals surface area (Å²) in [5.41, 5.74) is 4.50. The van der Waals surface area contributed by atoms with Crippen molar-refractivity contribution in [2.45, 2.75) is 33.4 Å². The summed E-state index contributed by atoms with van der Waals surface area (Å²) >= 11 is 0. The quantitative estimate of drug-likeness (QED) is 0.926. The van der Waals surface area contributed by atoms with Gasteiger partial charge in [-0.3, -0.25) is 4.79 Å². The molecule has 0 fully saturated rings. The van der Waals surface area contributed by atoms with Gasteiger partial charge in [0, 0.05) is 6.07 Å². The highest BCUT2D eigenvalue weighted by Gasteiger charge is 2.13. The molecule has 0 bridgehead atoms. The van der Waals surface area contributed by atoms with Crippen molar-refractivity contribution in [3.05, 3.63) is 63.1 Å². The van der Waals surface area contributed by atoms with E-state index in [0.29, 0.717) is 6.54 Å². The van der Waals surface area contributed by atoms with E-state index < -0.39 is 0 Å². The van der Waals surface area contributed by atoms with Gasteiger partial charge in [0.1, 0.15) is 0 Å². The maximum Gasteiger partial charge on any atom is 0.267 e. The van der Waals surface area contributed by atoms with E-state index in [1.54, 1.807) is 12.3 Å². The monoisotopic (exact) mass is 271 g/mol. The van der Waals surface area contributed by atoms with Crippen molar-refractivity contribution in [3.63, 3.8) is 0 Å². The minimum Gasteiger partial charge on any atom is -0.311 e. The Morgan fingerprint density at radius 2 is 1.95 bits per heavy atom. The van der Waals surface area contributed by atoms with Crippen LogP contribution in [0.25, 0.3) is 0 Å². The molecule has 106 valence electrons. The third-order valence-corrected chi connectivity index (χ3v) is 3.51. The first-order valence-electron chi connectivity index (χ1n) is 6.79. The molecule has 2 aromatic rings. The lowest BCUT2D eigenvalue weighted by atomic mass is 9.99. The van der Waals surface area contributed by atoms with Gasteiger partial charge in [-0.1, -0.05) is 23.8 Å². The molecule has 0 aliphatic heterocycles. The SMILES string of the molecule is CNC(Cn1ncc(C)cc1=O)c1ccc(C)cc1C. The number of likely N-dealkylation sites (N-methyl/N-ethyl adjacent to an activating group) is 1. The van der Waals surface area contributed by atoms with E-state index in [-0.39, 0.29) is 11.6 Å². The molecule has 1 unspecified atom stereocenters. The number of hydrogen-bond donors (Lipinski definition) is 1. The van der Waals surface area contributed by atoms with Crippen molar-refractivity contribution in [2.75, 3.05) is 7.05 Å². The number of benzene rings is 1. The van der Waals surface area contributed by atoms with Crippen LogP contribution >= 0.6 is 0 Å². The Bertz CT molecular complexity index is 661. The van der Waals surface area contributed by atoms with E-state index in [1.165, 1.54) is 21.4 Å².